The van der Waals surface area contributed by atoms with Gasteiger partial charge in [0.1, 0.15) is 0 Å². The van der Waals surface area contributed by atoms with Crippen molar-refractivity contribution in [3.63, 3.8) is 0 Å². The van der Waals surface area contributed by atoms with Crippen molar-refractivity contribution in [2.45, 2.75) is 13.0 Å². The minimum absolute atomic E-state index is 0.0658. The van der Waals surface area contributed by atoms with Crippen LogP contribution >= 0.6 is 11.3 Å². The molecule has 0 bridgehead atoms. The summed E-state index contributed by atoms with van der Waals surface area (Å²) in [6.07, 6.45) is 0. The van der Waals surface area contributed by atoms with Gasteiger partial charge in [-0.25, -0.2) is 4.98 Å². The zero-order chi connectivity index (χ0) is 20.3. The highest BCUT2D eigenvalue weighted by atomic mass is 32.1. The molecule has 5 aromatic rings. The summed E-state index contributed by atoms with van der Waals surface area (Å²) in [4.78, 5) is 9.55. The van der Waals surface area contributed by atoms with E-state index >= 15 is 0 Å². The highest BCUT2D eigenvalue weighted by molar-refractivity contribution is 7.17. The number of nitrogens with zero attached hydrogens (tertiary/aromatic N) is 3. The number of anilines is 3. The third-order valence-electron chi connectivity index (χ3n) is 4.80. The lowest BCUT2D eigenvalue weighted by Gasteiger charge is -2.20. The molecule has 6 nitrogen and oxygen atoms in total. The molecule has 3 N–H and O–H groups in total. The van der Waals surface area contributed by atoms with Crippen LogP contribution in [0.4, 0.5) is 17.6 Å². The first-order valence-electron chi connectivity index (χ1n) is 9.67. The van der Waals surface area contributed by atoms with Gasteiger partial charge in [0.05, 0.1) is 16.3 Å². The molecule has 30 heavy (non-hydrogen) atoms. The summed E-state index contributed by atoms with van der Waals surface area (Å²) < 4.78 is 0.997. The molecule has 0 unspecified atom stereocenters. The third-order valence-corrected chi connectivity index (χ3v) is 5.71. The number of hydrogen-bond donors (Lipinski definition) is 3. The van der Waals surface area contributed by atoms with Gasteiger partial charge in [-0.1, -0.05) is 60.7 Å². The van der Waals surface area contributed by atoms with Crippen LogP contribution in [0.25, 0.3) is 10.2 Å². The average Bonchev–Trinajstić information content (AvgIpc) is 3.42. The topological polar surface area (TPSA) is 78.5 Å². The maximum atomic E-state index is 4.79. The molecule has 0 fully saturated rings. The van der Waals surface area contributed by atoms with E-state index in [2.05, 4.69) is 45.1 Å². The van der Waals surface area contributed by atoms with Crippen LogP contribution in [0.5, 0.6) is 0 Å². The van der Waals surface area contributed by atoms with Crippen molar-refractivity contribution < 1.29 is 0 Å². The Hall–Kier alpha value is -3.71. The van der Waals surface area contributed by atoms with Crippen LogP contribution in [-0.2, 0) is 0 Å². The second-order valence-corrected chi connectivity index (χ2v) is 7.91. The molecule has 0 aliphatic heterocycles. The van der Waals surface area contributed by atoms with E-state index in [1.807, 2.05) is 60.8 Å². The Kier molecular flexibility index (Phi) is 4.86. The van der Waals surface area contributed by atoms with Gasteiger partial charge in [0.2, 0.25) is 5.95 Å². The van der Waals surface area contributed by atoms with Crippen molar-refractivity contribution in [2.75, 3.05) is 10.6 Å². The third kappa shape index (κ3) is 3.75. The van der Waals surface area contributed by atoms with Gasteiger partial charge in [-0.15, -0.1) is 11.3 Å². The maximum Gasteiger partial charge on any atom is 0.226 e. The molecule has 2 aromatic carbocycles. The molecule has 3 aromatic heterocycles. The number of thiophene rings is 1. The van der Waals surface area contributed by atoms with E-state index in [-0.39, 0.29) is 6.04 Å². The SMILES string of the molecule is Cc1cc(Nc2nc(NC(c3ccccc3)c3ccccc3)nc3ccsc23)n[nH]1. The summed E-state index contributed by atoms with van der Waals surface area (Å²) in [6, 6.07) is 24.6. The molecule has 0 saturated heterocycles. The standard InChI is InChI=1S/C23H20N6S/c1-15-14-19(29-28-15)25-22-21-18(12-13-30-21)24-23(27-22)26-20(16-8-4-2-5-9-16)17-10-6-3-7-11-17/h2-14,20H,1H3,(H3,24,25,26,27,28,29). The van der Waals surface area contributed by atoms with Gasteiger partial charge >= 0.3 is 0 Å². The fraction of sp³-hybridized carbons (Fsp3) is 0.0870. The van der Waals surface area contributed by atoms with Crippen molar-refractivity contribution in [1.29, 1.82) is 0 Å². The number of hydrogen-bond acceptors (Lipinski definition) is 6. The van der Waals surface area contributed by atoms with Crippen LogP contribution in [-0.4, -0.2) is 20.2 Å². The van der Waals surface area contributed by atoms with Crippen molar-refractivity contribution in [3.05, 3.63) is 95.0 Å². The molecule has 0 amide bonds. The van der Waals surface area contributed by atoms with E-state index in [1.165, 1.54) is 0 Å². The van der Waals surface area contributed by atoms with E-state index in [0.29, 0.717) is 5.95 Å². The number of aromatic amines is 1. The van der Waals surface area contributed by atoms with Gasteiger partial charge < -0.3 is 10.6 Å². The number of aryl methyl sites for hydroxylation is 1. The van der Waals surface area contributed by atoms with E-state index in [9.17, 15) is 0 Å². The lowest BCUT2D eigenvalue weighted by atomic mass is 9.99. The van der Waals surface area contributed by atoms with Crippen LogP contribution in [0.15, 0.2) is 78.2 Å². The molecule has 0 saturated carbocycles. The lowest BCUT2D eigenvalue weighted by Crippen LogP contribution is -2.14. The molecule has 0 atom stereocenters. The zero-order valence-electron chi connectivity index (χ0n) is 16.3. The maximum absolute atomic E-state index is 4.79. The van der Waals surface area contributed by atoms with E-state index in [1.54, 1.807) is 11.3 Å². The molecule has 0 aliphatic rings. The largest absolute Gasteiger partial charge is 0.343 e. The fourth-order valence-corrected chi connectivity index (χ4v) is 4.17. The Bertz CT molecular complexity index is 1220. The molecular formula is C23H20N6S. The van der Waals surface area contributed by atoms with Gasteiger partial charge in [-0.3, -0.25) is 5.10 Å². The summed E-state index contributed by atoms with van der Waals surface area (Å²) in [6.45, 7) is 1.97. The Morgan fingerprint density at radius 2 is 1.60 bits per heavy atom. The van der Waals surface area contributed by atoms with Crippen molar-refractivity contribution in [1.82, 2.24) is 20.2 Å². The first-order valence-corrected chi connectivity index (χ1v) is 10.5. The predicted octanol–water partition coefficient (Wildman–Crippen LogP) is 5.67. The smallest absolute Gasteiger partial charge is 0.226 e. The predicted molar refractivity (Wildman–Crippen MR) is 122 cm³/mol. The first-order chi connectivity index (χ1) is 14.8. The summed E-state index contributed by atoms with van der Waals surface area (Å²) in [5.74, 6) is 2.03. The number of H-pyrrole nitrogens is 1. The van der Waals surface area contributed by atoms with Gasteiger partial charge in [-0.05, 0) is 29.5 Å². The average molecular weight is 413 g/mol. The Balaban J connectivity index is 1.54. The second kappa shape index (κ2) is 7.96. The van der Waals surface area contributed by atoms with E-state index < -0.39 is 0 Å². The molecule has 7 heteroatoms. The van der Waals surface area contributed by atoms with Crippen LogP contribution in [0.2, 0.25) is 0 Å². The number of fused-ring (bicyclic) bond motifs is 1. The van der Waals surface area contributed by atoms with Crippen molar-refractivity contribution >= 4 is 39.1 Å². The number of benzene rings is 2. The molecular weight excluding hydrogens is 392 g/mol. The van der Waals surface area contributed by atoms with Crippen molar-refractivity contribution in [2.24, 2.45) is 0 Å². The van der Waals surface area contributed by atoms with Gasteiger partial charge in [0, 0.05) is 11.8 Å². The molecule has 3 heterocycles. The molecule has 0 spiro atoms. The summed E-state index contributed by atoms with van der Waals surface area (Å²) >= 11 is 1.61. The van der Waals surface area contributed by atoms with Gasteiger partial charge in [-0.2, -0.15) is 10.1 Å². The van der Waals surface area contributed by atoms with E-state index in [0.717, 1.165) is 38.7 Å². The van der Waals surface area contributed by atoms with Crippen LogP contribution in [0.1, 0.15) is 22.9 Å². The first kappa shape index (κ1) is 18.3. The Morgan fingerprint density at radius 1 is 0.900 bits per heavy atom. The summed E-state index contributed by atoms with van der Waals surface area (Å²) in [5.41, 5.74) is 4.18. The number of nitrogens with one attached hydrogen (secondary N) is 3. The fourth-order valence-electron chi connectivity index (χ4n) is 3.40. The minimum atomic E-state index is -0.0658. The van der Waals surface area contributed by atoms with Crippen LogP contribution in [0.3, 0.4) is 0 Å². The molecule has 5 rings (SSSR count). The van der Waals surface area contributed by atoms with Crippen molar-refractivity contribution in [3.8, 4) is 0 Å². The monoisotopic (exact) mass is 412 g/mol. The number of aromatic nitrogens is 4. The zero-order valence-corrected chi connectivity index (χ0v) is 17.1. The van der Waals surface area contributed by atoms with Crippen LogP contribution in [0, 0.1) is 6.92 Å². The minimum Gasteiger partial charge on any atom is -0.343 e. The highest BCUT2D eigenvalue weighted by Gasteiger charge is 2.17. The lowest BCUT2D eigenvalue weighted by molar-refractivity contribution is 0.913. The quantitative estimate of drug-likeness (QED) is 0.335. The second-order valence-electron chi connectivity index (χ2n) is 6.99. The highest BCUT2D eigenvalue weighted by Crippen LogP contribution is 2.31. The van der Waals surface area contributed by atoms with E-state index in [4.69, 9.17) is 9.97 Å². The Labute approximate surface area is 178 Å². The van der Waals surface area contributed by atoms with Crippen LogP contribution < -0.4 is 10.6 Å². The summed E-state index contributed by atoms with van der Waals surface area (Å²) in [5, 5.41) is 16.1. The normalized spacial score (nSPS) is 11.1. The molecule has 148 valence electrons. The summed E-state index contributed by atoms with van der Waals surface area (Å²) in [7, 11) is 0. The van der Waals surface area contributed by atoms with Gasteiger partial charge in [0.15, 0.2) is 11.6 Å². The Morgan fingerprint density at radius 3 is 2.23 bits per heavy atom. The van der Waals surface area contributed by atoms with Gasteiger partial charge in [0.25, 0.3) is 0 Å². The molecule has 0 radical (unpaired) electrons. The number of rotatable bonds is 6. The molecule has 0 aliphatic carbocycles.